The predicted molar refractivity (Wildman–Crippen MR) is 148 cm³/mol. The number of likely N-dealkylation sites (tertiary alicyclic amines) is 1. The van der Waals surface area contributed by atoms with Gasteiger partial charge in [0.25, 0.3) is 0 Å². The molecule has 0 saturated carbocycles. The molecule has 1 atom stereocenters. The summed E-state index contributed by atoms with van der Waals surface area (Å²) in [6, 6.07) is 12.7. The fourth-order valence-corrected chi connectivity index (χ4v) is 6.65. The SMILES string of the molecule is COc1ccccc1N1CCN(CC(O)CN2CCC(=C(c3ccsc3)c3ccsc3)CC2)CC1. The van der Waals surface area contributed by atoms with Crippen LogP contribution in [0.5, 0.6) is 5.75 Å². The molecule has 7 heteroatoms. The molecule has 0 amide bonds. The molecule has 0 aliphatic carbocycles. The second-order valence-corrected chi connectivity index (χ2v) is 11.0. The first kappa shape index (κ1) is 24.5. The zero-order chi connectivity index (χ0) is 24.0. The third kappa shape index (κ3) is 5.98. The molecule has 3 aromatic rings. The van der Waals surface area contributed by atoms with E-state index in [-0.39, 0.29) is 6.10 Å². The molecule has 4 heterocycles. The second kappa shape index (κ2) is 11.7. The lowest BCUT2D eigenvalue weighted by atomic mass is 9.91. The fraction of sp³-hybridized carbons (Fsp3) is 0.429. The van der Waals surface area contributed by atoms with Gasteiger partial charge in [-0.1, -0.05) is 17.7 Å². The van der Waals surface area contributed by atoms with Crippen LogP contribution in [0, 0.1) is 0 Å². The number of rotatable bonds is 8. The van der Waals surface area contributed by atoms with Crippen LogP contribution >= 0.6 is 22.7 Å². The van der Waals surface area contributed by atoms with Gasteiger partial charge in [-0.25, -0.2) is 0 Å². The maximum Gasteiger partial charge on any atom is 0.142 e. The number of ether oxygens (including phenoxy) is 1. The third-order valence-electron chi connectivity index (χ3n) is 7.17. The van der Waals surface area contributed by atoms with E-state index in [4.69, 9.17) is 4.74 Å². The van der Waals surface area contributed by atoms with E-state index in [0.29, 0.717) is 0 Å². The summed E-state index contributed by atoms with van der Waals surface area (Å²) in [5.41, 5.74) is 6.85. The molecule has 5 nitrogen and oxygen atoms in total. The Kier molecular flexibility index (Phi) is 8.21. The quantitative estimate of drug-likeness (QED) is 0.468. The summed E-state index contributed by atoms with van der Waals surface area (Å²) in [6.07, 6.45) is 1.84. The lowest BCUT2D eigenvalue weighted by Gasteiger charge is -2.38. The van der Waals surface area contributed by atoms with Crippen molar-refractivity contribution in [3.05, 3.63) is 74.6 Å². The van der Waals surface area contributed by atoms with Crippen LogP contribution in [0.2, 0.25) is 0 Å². The number of piperidine rings is 1. The minimum absolute atomic E-state index is 0.313. The Labute approximate surface area is 216 Å². The molecule has 0 radical (unpaired) electrons. The molecule has 186 valence electrons. The van der Waals surface area contributed by atoms with Gasteiger partial charge in [0.2, 0.25) is 0 Å². The number of piperazine rings is 1. The Morgan fingerprint density at radius 3 is 2.03 bits per heavy atom. The third-order valence-corrected chi connectivity index (χ3v) is 8.54. The Morgan fingerprint density at radius 1 is 0.857 bits per heavy atom. The molecule has 35 heavy (non-hydrogen) atoms. The zero-order valence-corrected chi connectivity index (χ0v) is 22.1. The maximum atomic E-state index is 10.9. The summed E-state index contributed by atoms with van der Waals surface area (Å²) in [7, 11) is 1.73. The van der Waals surface area contributed by atoms with Crippen LogP contribution in [0.1, 0.15) is 24.0 Å². The number of para-hydroxylation sites is 2. The summed E-state index contributed by atoms with van der Waals surface area (Å²) in [5, 5.41) is 19.7. The first-order valence-corrected chi connectivity index (χ1v) is 14.4. The van der Waals surface area contributed by atoms with E-state index in [2.05, 4.69) is 60.5 Å². The van der Waals surface area contributed by atoms with Crippen LogP contribution in [0.15, 0.2) is 63.5 Å². The number of hydrogen-bond acceptors (Lipinski definition) is 7. The predicted octanol–water partition coefficient (Wildman–Crippen LogP) is 4.90. The number of benzene rings is 1. The monoisotopic (exact) mass is 509 g/mol. The van der Waals surface area contributed by atoms with E-state index in [1.165, 1.54) is 16.7 Å². The van der Waals surface area contributed by atoms with Gasteiger partial charge in [-0.05, 0) is 75.3 Å². The largest absolute Gasteiger partial charge is 0.495 e. The molecule has 2 aliphatic heterocycles. The summed E-state index contributed by atoms with van der Waals surface area (Å²) >= 11 is 3.53. The maximum absolute atomic E-state index is 10.9. The van der Waals surface area contributed by atoms with Gasteiger partial charge in [0.1, 0.15) is 5.75 Å². The zero-order valence-electron chi connectivity index (χ0n) is 20.4. The summed E-state index contributed by atoms with van der Waals surface area (Å²) in [4.78, 5) is 7.23. The molecule has 1 aromatic carbocycles. The van der Waals surface area contributed by atoms with Gasteiger partial charge < -0.3 is 19.6 Å². The fourth-order valence-electron chi connectivity index (χ4n) is 5.36. The summed E-state index contributed by atoms with van der Waals surface area (Å²) in [5.74, 6) is 0.931. The van der Waals surface area contributed by atoms with Crippen molar-refractivity contribution in [2.75, 3.05) is 64.4 Å². The molecule has 1 unspecified atom stereocenters. The van der Waals surface area contributed by atoms with Crippen molar-refractivity contribution in [2.24, 2.45) is 0 Å². The molecule has 2 saturated heterocycles. The van der Waals surface area contributed by atoms with E-state index < -0.39 is 0 Å². The summed E-state index contributed by atoms with van der Waals surface area (Å²) < 4.78 is 5.54. The van der Waals surface area contributed by atoms with Gasteiger partial charge in [0.05, 0.1) is 18.9 Å². The van der Waals surface area contributed by atoms with Crippen LogP contribution in [0.3, 0.4) is 0 Å². The average molecular weight is 510 g/mol. The van der Waals surface area contributed by atoms with E-state index in [0.717, 1.165) is 76.6 Å². The highest BCUT2D eigenvalue weighted by Gasteiger charge is 2.24. The molecule has 0 spiro atoms. The topological polar surface area (TPSA) is 39.2 Å². The van der Waals surface area contributed by atoms with Crippen LogP contribution < -0.4 is 9.64 Å². The van der Waals surface area contributed by atoms with Gasteiger partial charge in [-0.2, -0.15) is 22.7 Å². The number of hydrogen-bond donors (Lipinski definition) is 1. The molecule has 1 N–H and O–H groups in total. The van der Waals surface area contributed by atoms with E-state index >= 15 is 0 Å². The summed E-state index contributed by atoms with van der Waals surface area (Å²) in [6.45, 7) is 7.38. The van der Waals surface area contributed by atoms with Crippen LogP contribution in [-0.2, 0) is 0 Å². The highest BCUT2D eigenvalue weighted by atomic mass is 32.1. The standard InChI is InChI=1S/C28H35N3O2S2/c1-33-27-5-3-2-4-26(27)31-14-12-30(13-15-31)19-25(32)18-29-10-6-22(7-11-29)28(23-8-16-34-20-23)24-9-17-35-21-24/h2-5,8-9,16-17,20-21,25,32H,6-7,10-15,18-19H2,1H3. The Morgan fingerprint density at radius 2 is 1.46 bits per heavy atom. The van der Waals surface area contributed by atoms with E-state index in [9.17, 15) is 5.11 Å². The van der Waals surface area contributed by atoms with Gasteiger partial charge >= 0.3 is 0 Å². The number of thiophene rings is 2. The lowest BCUT2D eigenvalue weighted by Crippen LogP contribution is -2.50. The van der Waals surface area contributed by atoms with Gasteiger partial charge in [-0.15, -0.1) is 0 Å². The van der Waals surface area contributed by atoms with Crippen molar-refractivity contribution in [1.82, 2.24) is 9.80 Å². The number of anilines is 1. The Balaban J connectivity index is 1.11. The van der Waals surface area contributed by atoms with Crippen molar-refractivity contribution >= 4 is 33.9 Å². The van der Waals surface area contributed by atoms with Gasteiger partial charge in [-0.3, -0.25) is 4.90 Å². The molecule has 2 fully saturated rings. The average Bonchev–Trinajstić information content (AvgIpc) is 3.61. The molecule has 5 rings (SSSR count). The van der Waals surface area contributed by atoms with Crippen molar-refractivity contribution in [3.8, 4) is 5.75 Å². The molecule has 2 aromatic heterocycles. The number of β-amino-alcohol motifs (C(OH)–C–C–N with tert-alkyl or cyclic N) is 1. The van der Waals surface area contributed by atoms with Crippen molar-refractivity contribution in [2.45, 2.75) is 18.9 Å². The van der Waals surface area contributed by atoms with Crippen LogP contribution in [0.4, 0.5) is 5.69 Å². The Bertz CT molecular complexity index is 1040. The van der Waals surface area contributed by atoms with Crippen molar-refractivity contribution < 1.29 is 9.84 Å². The van der Waals surface area contributed by atoms with Gasteiger partial charge in [0, 0.05) is 52.4 Å². The van der Waals surface area contributed by atoms with E-state index in [1.807, 2.05) is 12.1 Å². The smallest absolute Gasteiger partial charge is 0.142 e. The van der Waals surface area contributed by atoms with Crippen molar-refractivity contribution in [1.29, 1.82) is 0 Å². The number of methoxy groups -OCH3 is 1. The van der Waals surface area contributed by atoms with Crippen LogP contribution in [-0.4, -0.2) is 80.5 Å². The number of aliphatic hydroxyl groups excluding tert-OH is 1. The van der Waals surface area contributed by atoms with Crippen LogP contribution in [0.25, 0.3) is 5.57 Å². The first-order valence-electron chi connectivity index (χ1n) is 12.5. The minimum Gasteiger partial charge on any atom is -0.495 e. The highest BCUT2D eigenvalue weighted by molar-refractivity contribution is 7.08. The molecular formula is C28H35N3O2S2. The normalized spacial score (nSPS) is 18.6. The molecule has 2 aliphatic rings. The van der Waals surface area contributed by atoms with Crippen molar-refractivity contribution in [3.63, 3.8) is 0 Å². The second-order valence-electron chi connectivity index (χ2n) is 9.42. The van der Waals surface area contributed by atoms with E-state index in [1.54, 1.807) is 35.4 Å². The minimum atomic E-state index is -0.313. The molecular weight excluding hydrogens is 474 g/mol. The molecule has 0 bridgehead atoms. The van der Waals surface area contributed by atoms with Gasteiger partial charge in [0.15, 0.2) is 0 Å². The number of aliphatic hydroxyl groups is 1. The lowest BCUT2D eigenvalue weighted by molar-refractivity contribution is 0.0690. The first-order chi connectivity index (χ1) is 17.2. The Hall–Kier alpha value is -2.16. The highest BCUT2D eigenvalue weighted by Crippen LogP contribution is 2.34. The number of nitrogens with zero attached hydrogens (tertiary/aromatic N) is 3.